The molecule has 4 rings (SSSR count). The molecule has 9 nitrogen and oxygen atoms in total. The van der Waals surface area contributed by atoms with Gasteiger partial charge in [0.05, 0.1) is 6.20 Å². The number of hydrogen-bond donors (Lipinski definition) is 2. The summed E-state index contributed by atoms with van der Waals surface area (Å²) in [6, 6.07) is 11.3. The number of nitriles is 1. The summed E-state index contributed by atoms with van der Waals surface area (Å²) in [5.74, 6) is 1.43. The SMILES string of the molecule is CN1CCc2c(Br)cc(Nc3ncc(C#N)c(Nc4cccc(N=S(C)(C)=O)n4)n3)cc2C1. The number of aromatic nitrogens is 3. The van der Waals surface area contributed by atoms with Crippen LogP contribution in [0.3, 0.4) is 0 Å². The Kier molecular flexibility index (Phi) is 6.60. The molecule has 0 atom stereocenters. The standard InChI is InChI=1S/C22H23BrN8OS/c1-31-8-7-17-14(13-31)9-16(10-18(17)23)26-22-25-12-15(11-24)21(29-22)28-19-5-4-6-20(27-19)30-33(2,3)32/h4-6,9-10,12H,7-8,13H2,1-3H3,(H2,25,26,27,28,29). The zero-order valence-corrected chi connectivity index (χ0v) is 20.9. The molecule has 170 valence electrons. The number of nitrogens with zero attached hydrogens (tertiary/aromatic N) is 6. The average molecular weight is 527 g/mol. The van der Waals surface area contributed by atoms with Crippen molar-refractivity contribution < 1.29 is 4.21 Å². The second kappa shape index (κ2) is 9.43. The number of hydrogen-bond acceptors (Lipinski definition) is 9. The number of likely N-dealkylation sites (N-methyl/N-ethyl adjacent to an activating group) is 1. The zero-order chi connectivity index (χ0) is 23.6. The van der Waals surface area contributed by atoms with E-state index < -0.39 is 9.73 Å². The molecule has 2 aromatic heterocycles. The van der Waals surface area contributed by atoms with Crippen LogP contribution in [-0.2, 0) is 22.7 Å². The lowest BCUT2D eigenvalue weighted by atomic mass is 9.99. The Labute approximate surface area is 201 Å². The van der Waals surface area contributed by atoms with Gasteiger partial charge in [0.25, 0.3) is 0 Å². The number of pyridine rings is 1. The molecule has 2 N–H and O–H groups in total. The minimum atomic E-state index is -2.34. The molecule has 11 heteroatoms. The third kappa shape index (κ3) is 5.84. The number of rotatable bonds is 5. The summed E-state index contributed by atoms with van der Waals surface area (Å²) in [5.41, 5.74) is 3.70. The molecule has 0 aliphatic carbocycles. The smallest absolute Gasteiger partial charge is 0.229 e. The summed E-state index contributed by atoms with van der Waals surface area (Å²) in [4.78, 5) is 15.4. The van der Waals surface area contributed by atoms with Crippen molar-refractivity contribution in [2.75, 3.05) is 36.7 Å². The fourth-order valence-electron chi connectivity index (χ4n) is 3.50. The van der Waals surface area contributed by atoms with E-state index in [0.717, 1.165) is 29.7 Å². The first kappa shape index (κ1) is 23.1. The Morgan fingerprint density at radius 2 is 2.06 bits per heavy atom. The fraction of sp³-hybridized carbons (Fsp3) is 0.273. The summed E-state index contributed by atoms with van der Waals surface area (Å²) in [6.07, 6.45) is 5.54. The van der Waals surface area contributed by atoms with Gasteiger partial charge in [0, 0.05) is 45.5 Å². The van der Waals surface area contributed by atoms with Gasteiger partial charge >= 0.3 is 0 Å². The number of anilines is 4. The lowest BCUT2D eigenvalue weighted by molar-refractivity contribution is 0.312. The Morgan fingerprint density at radius 3 is 2.82 bits per heavy atom. The highest BCUT2D eigenvalue weighted by Crippen LogP contribution is 2.31. The highest BCUT2D eigenvalue weighted by molar-refractivity contribution is 9.10. The van der Waals surface area contributed by atoms with Crippen molar-refractivity contribution >= 4 is 54.7 Å². The van der Waals surface area contributed by atoms with Crippen LogP contribution >= 0.6 is 15.9 Å². The minimum absolute atomic E-state index is 0.271. The van der Waals surface area contributed by atoms with E-state index in [1.54, 1.807) is 30.7 Å². The van der Waals surface area contributed by atoms with Crippen LogP contribution < -0.4 is 10.6 Å². The van der Waals surface area contributed by atoms with Gasteiger partial charge in [-0.25, -0.2) is 14.2 Å². The van der Waals surface area contributed by atoms with Gasteiger partial charge in [0.2, 0.25) is 5.95 Å². The van der Waals surface area contributed by atoms with Crippen LogP contribution in [0.2, 0.25) is 0 Å². The molecule has 0 saturated carbocycles. The van der Waals surface area contributed by atoms with Crippen molar-refractivity contribution in [3.05, 3.63) is 57.7 Å². The summed E-state index contributed by atoms with van der Waals surface area (Å²) in [7, 11) is -0.239. The van der Waals surface area contributed by atoms with Crippen molar-refractivity contribution in [2.45, 2.75) is 13.0 Å². The van der Waals surface area contributed by atoms with E-state index in [9.17, 15) is 9.47 Å². The monoisotopic (exact) mass is 526 g/mol. The molecule has 1 aliphatic rings. The first-order valence-electron chi connectivity index (χ1n) is 10.2. The van der Waals surface area contributed by atoms with Crippen LogP contribution in [0.1, 0.15) is 16.7 Å². The average Bonchev–Trinajstić information content (AvgIpc) is 2.73. The molecule has 0 bridgehead atoms. The molecule has 33 heavy (non-hydrogen) atoms. The fourth-order valence-corrected chi connectivity index (χ4v) is 4.75. The van der Waals surface area contributed by atoms with E-state index in [0.29, 0.717) is 23.4 Å². The number of benzene rings is 1. The van der Waals surface area contributed by atoms with Gasteiger partial charge < -0.3 is 15.5 Å². The van der Waals surface area contributed by atoms with E-state index >= 15 is 0 Å². The molecular weight excluding hydrogens is 504 g/mol. The molecule has 1 aromatic carbocycles. The van der Waals surface area contributed by atoms with Crippen molar-refractivity contribution in [2.24, 2.45) is 4.36 Å². The molecule has 0 amide bonds. The first-order valence-corrected chi connectivity index (χ1v) is 13.3. The maximum atomic E-state index is 12.0. The summed E-state index contributed by atoms with van der Waals surface area (Å²) < 4.78 is 17.1. The Morgan fingerprint density at radius 1 is 1.24 bits per heavy atom. The van der Waals surface area contributed by atoms with Crippen LogP contribution in [0.25, 0.3) is 0 Å². The van der Waals surface area contributed by atoms with Crippen LogP contribution in [0.15, 0.2) is 45.4 Å². The second-order valence-electron chi connectivity index (χ2n) is 8.05. The summed E-state index contributed by atoms with van der Waals surface area (Å²) in [6.45, 7) is 1.90. The number of halogens is 1. The van der Waals surface area contributed by atoms with Gasteiger partial charge in [-0.3, -0.25) is 0 Å². The van der Waals surface area contributed by atoms with E-state index in [1.807, 2.05) is 6.07 Å². The van der Waals surface area contributed by atoms with Gasteiger partial charge in [-0.2, -0.15) is 14.6 Å². The zero-order valence-electron chi connectivity index (χ0n) is 18.5. The molecule has 0 saturated heterocycles. The molecule has 0 fully saturated rings. The normalized spacial score (nSPS) is 13.7. The lowest BCUT2D eigenvalue weighted by Crippen LogP contribution is -2.26. The van der Waals surface area contributed by atoms with Gasteiger partial charge in [0.1, 0.15) is 17.5 Å². The number of nitrogens with one attached hydrogen (secondary N) is 2. The first-order chi connectivity index (χ1) is 15.7. The van der Waals surface area contributed by atoms with E-state index in [1.165, 1.54) is 17.3 Å². The Hall–Kier alpha value is -3.07. The Bertz CT molecular complexity index is 1370. The minimum Gasteiger partial charge on any atom is -0.324 e. The van der Waals surface area contributed by atoms with Crippen molar-refractivity contribution in [3.63, 3.8) is 0 Å². The van der Waals surface area contributed by atoms with E-state index in [4.69, 9.17) is 0 Å². The quantitative estimate of drug-likeness (QED) is 0.503. The highest BCUT2D eigenvalue weighted by Gasteiger charge is 2.17. The summed E-state index contributed by atoms with van der Waals surface area (Å²) in [5, 5.41) is 15.8. The molecular formula is C22H23BrN8OS. The maximum Gasteiger partial charge on any atom is 0.229 e. The Balaban J connectivity index is 1.62. The van der Waals surface area contributed by atoms with Gasteiger partial charge in [-0.15, -0.1) is 0 Å². The molecule has 0 spiro atoms. The topological polar surface area (TPSA) is 119 Å². The van der Waals surface area contributed by atoms with Crippen molar-refractivity contribution in [3.8, 4) is 6.07 Å². The predicted octanol–water partition coefficient (Wildman–Crippen LogP) is 4.34. The molecule has 0 radical (unpaired) electrons. The largest absolute Gasteiger partial charge is 0.324 e. The van der Waals surface area contributed by atoms with Crippen molar-refractivity contribution in [1.82, 2.24) is 19.9 Å². The molecule has 3 heterocycles. The van der Waals surface area contributed by atoms with Crippen LogP contribution in [0.5, 0.6) is 0 Å². The molecule has 1 aliphatic heterocycles. The van der Waals surface area contributed by atoms with Gasteiger partial charge in [-0.1, -0.05) is 22.0 Å². The maximum absolute atomic E-state index is 12.0. The van der Waals surface area contributed by atoms with Gasteiger partial charge in [-0.05, 0) is 48.9 Å². The molecule has 3 aromatic rings. The lowest BCUT2D eigenvalue weighted by Gasteiger charge is -2.26. The van der Waals surface area contributed by atoms with Crippen LogP contribution in [0, 0.1) is 11.3 Å². The van der Waals surface area contributed by atoms with Crippen LogP contribution in [-0.4, -0.2) is 50.2 Å². The predicted molar refractivity (Wildman–Crippen MR) is 134 cm³/mol. The third-order valence-electron chi connectivity index (χ3n) is 4.93. The number of fused-ring (bicyclic) bond motifs is 1. The van der Waals surface area contributed by atoms with Crippen molar-refractivity contribution in [1.29, 1.82) is 5.26 Å². The third-order valence-corrected chi connectivity index (χ3v) is 6.27. The highest BCUT2D eigenvalue weighted by atomic mass is 79.9. The van der Waals surface area contributed by atoms with Gasteiger partial charge in [0.15, 0.2) is 11.6 Å². The van der Waals surface area contributed by atoms with Crippen LogP contribution in [0.4, 0.5) is 29.1 Å². The second-order valence-corrected chi connectivity index (χ2v) is 11.5. The van der Waals surface area contributed by atoms with E-state index in [2.05, 4.69) is 70.0 Å². The molecule has 0 unspecified atom stereocenters. The summed E-state index contributed by atoms with van der Waals surface area (Å²) >= 11 is 3.68. The van der Waals surface area contributed by atoms with E-state index in [-0.39, 0.29) is 5.56 Å².